The molecule has 0 aliphatic carbocycles. The number of fused-ring (bicyclic) bond motifs is 1. The minimum absolute atomic E-state index is 0. The molecule has 0 aromatic rings. The molecule has 2 rings (SSSR count). The van der Waals surface area contributed by atoms with E-state index in [1.165, 1.54) is 38.5 Å². The molecule has 0 spiro atoms. The Morgan fingerprint density at radius 3 is 2.50 bits per heavy atom. The predicted octanol–water partition coefficient (Wildman–Crippen LogP) is 4.01. The summed E-state index contributed by atoms with van der Waals surface area (Å²) in [5, 5.41) is 11.9. The molecule has 24 heavy (non-hydrogen) atoms. The highest BCUT2D eigenvalue weighted by Crippen LogP contribution is 2.29. The van der Waals surface area contributed by atoms with E-state index in [1.807, 2.05) is 0 Å². The first-order valence-corrected chi connectivity index (χ1v) is 9.14. The van der Waals surface area contributed by atoms with Crippen molar-refractivity contribution in [1.82, 2.24) is 9.80 Å². The van der Waals surface area contributed by atoms with Crippen LogP contribution in [0.2, 0.25) is 0 Å². The molecule has 2 aliphatic heterocycles. The molecule has 2 saturated heterocycles. The lowest BCUT2D eigenvalue weighted by molar-refractivity contribution is -0.571. The van der Waals surface area contributed by atoms with Crippen LogP contribution >= 0.6 is 24.8 Å². The summed E-state index contributed by atoms with van der Waals surface area (Å²) in [6.45, 7) is 5.51. The molecule has 2 unspecified atom stereocenters. The van der Waals surface area contributed by atoms with Crippen molar-refractivity contribution in [2.75, 3.05) is 33.2 Å². The van der Waals surface area contributed by atoms with Crippen LogP contribution in [0.5, 0.6) is 0 Å². The standard InChI is InChI=1S/C17H33N3O2.2ClH/c1-3-4-5-6-8-11-17(20(21)22)14-18(2)13-16-10-7-9-12-19(16)15-17;;/h16H,3-15H2,1-2H3;2*1H. The normalized spacial score (nSPS) is 28.2. The van der Waals surface area contributed by atoms with E-state index in [0.29, 0.717) is 19.1 Å². The van der Waals surface area contributed by atoms with Crippen molar-refractivity contribution in [1.29, 1.82) is 0 Å². The smallest absolute Gasteiger partial charge is 0.247 e. The van der Waals surface area contributed by atoms with Crippen molar-refractivity contribution in [3.05, 3.63) is 10.1 Å². The average molecular weight is 384 g/mol. The summed E-state index contributed by atoms with van der Waals surface area (Å²) < 4.78 is 0. The molecule has 7 heteroatoms. The van der Waals surface area contributed by atoms with Crippen LogP contribution in [0.25, 0.3) is 0 Å². The average Bonchev–Trinajstić information content (AvgIpc) is 2.63. The maximum absolute atomic E-state index is 11.9. The Balaban J connectivity index is 0.00000264. The number of nitrogens with zero attached hydrogens (tertiary/aromatic N) is 3. The Bertz CT molecular complexity index is 374. The summed E-state index contributed by atoms with van der Waals surface area (Å²) in [5.41, 5.74) is -0.757. The maximum atomic E-state index is 11.9. The molecular formula is C17H35Cl2N3O2. The predicted molar refractivity (Wildman–Crippen MR) is 104 cm³/mol. The van der Waals surface area contributed by atoms with E-state index in [1.54, 1.807) is 0 Å². The number of unbranched alkanes of at least 4 members (excludes halogenated alkanes) is 4. The van der Waals surface area contributed by atoms with Gasteiger partial charge in [-0.2, -0.15) is 0 Å². The van der Waals surface area contributed by atoms with E-state index in [-0.39, 0.29) is 29.7 Å². The fourth-order valence-electron chi connectivity index (χ4n) is 4.25. The number of piperidine rings is 1. The molecule has 2 atom stereocenters. The molecule has 144 valence electrons. The number of hydrogen-bond acceptors (Lipinski definition) is 4. The van der Waals surface area contributed by atoms with Crippen molar-refractivity contribution in [2.24, 2.45) is 0 Å². The van der Waals surface area contributed by atoms with Crippen LogP contribution in [0, 0.1) is 10.1 Å². The lowest BCUT2D eigenvalue weighted by Crippen LogP contribution is -2.53. The van der Waals surface area contributed by atoms with Gasteiger partial charge in [-0.05, 0) is 32.9 Å². The Morgan fingerprint density at radius 1 is 1.12 bits per heavy atom. The molecule has 0 aromatic heterocycles. The van der Waals surface area contributed by atoms with Gasteiger partial charge in [0.2, 0.25) is 5.54 Å². The van der Waals surface area contributed by atoms with Crippen molar-refractivity contribution in [2.45, 2.75) is 76.3 Å². The number of rotatable bonds is 7. The summed E-state index contributed by atoms with van der Waals surface area (Å²) in [6.07, 6.45) is 10.2. The van der Waals surface area contributed by atoms with E-state index in [9.17, 15) is 10.1 Å². The SMILES string of the molecule is CCCCCCCC1([N+](=O)[O-])CN(C)CC2CCCCN2C1.Cl.Cl. The molecule has 0 N–H and O–H groups in total. The van der Waals surface area contributed by atoms with Gasteiger partial charge < -0.3 is 0 Å². The highest BCUT2D eigenvalue weighted by atomic mass is 35.5. The van der Waals surface area contributed by atoms with Crippen LogP contribution < -0.4 is 0 Å². The molecular weight excluding hydrogens is 349 g/mol. The first-order valence-electron chi connectivity index (χ1n) is 9.14. The van der Waals surface area contributed by atoms with Gasteiger partial charge in [-0.3, -0.25) is 19.9 Å². The van der Waals surface area contributed by atoms with Gasteiger partial charge >= 0.3 is 0 Å². The van der Waals surface area contributed by atoms with Gasteiger partial charge in [-0.1, -0.05) is 39.0 Å². The number of hydrogen-bond donors (Lipinski definition) is 0. The third-order valence-corrected chi connectivity index (χ3v) is 5.47. The van der Waals surface area contributed by atoms with Crippen LogP contribution in [-0.2, 0) is 0 Å². The van der Waals surface area contributed by atoms with E-state index >= 15 is 0 Å². The number of likely N-dealkylation sites (N-methyl/N-ethyl adjacent to an activating group) is 1. The highest BCUT2D eigenvalue weighted by molar-refractivity contribution is 5.85. The van der Waals surface area contributed by atoms with Gasteiger partial charge in [0.25, 0.3) is 0 Å². The van der Waals surface area contributed by atoms with Crippen LogP contribution in [0.1, 0.15) is 64.7 Å². The molecule has 0 radical (unpaired) electrons. The lowest BCUT2D eigenvalue weighted by Gasteiger charge is -2.36. The second kappa shape index (κ2) is 11.5. The van der Waals surface area contributed by atoms with Gasteiger partial charge in [0.05, 0.1) is 13.1 Å². The number of nitro groups is 1. The molecule has 0 amide bonds. The Hall–Kier alpha value is -0.100. The van der Waals surface area contributed by atoms with Crippen LogP contribution in [-0.4, -0.2) is 59.5 Å². The van der Waals surface area contributed by atoms with Crippen LogP contribution in [0.15, 0.2) is 0 Å². The first-order chi connectivity index (χ1) is 10.6. The van der Waals surface area contributed by atoms with E-state index in [0.717, 1.165) is 32.4 Å². The molecule has 2 heterocycles. The summed E-state index contributed by atoms with van der Waals surface area (Å²) in [6, 6.07) is 0.528. The van der Waals surface area contributed by atoms with E-state index < -0.39 is 5.54 Å². The van der Waals surface area contributed by atoms with Gasteiger partial charge in [-0.15, -0.1) is 24.8 Å². The molecule has 0 bridgehead atoms. The van der Waals surface area contributed by atoms with Crippen molar-refractivity contribution >= 4 is 24.8 Å². The third-order valence-electron chi connectivity index (χ3n) is 5.47. The van der Waals surface area contributed by atoms with Crippen LogP contribution in [0.4, 0.5) is 0 Å². The van der Waals surface area contributed by atoms with Gasteiger partial charge in [0.1, 0.15) is 0 Å². The largest absolute Gasteiger partial charge is 0.298 e. The van der Waals surface area contributed by atoms with Crippen molar-refractivity contribution in [3.8, 4) is 0 Å². The van der Waals surface area contributed by atoms with E-state index in [2.05, 4.69) is 23.8 Å². The molecule has 2 fully saturated rings. The summed E-state index contributed by atoms with van der Waals surface area (Å²) >= 11 is 0. The van der Waals surface area contributed by atoms with Crippen molar-refractivity contribution < 1.29 is 4.92 Å². The zero-order chi connectivity index (χ0) is 16.0. The summed E-state index contributed by atoms with van der Waals surface area (Å²) in [4.78, 5) is 16.6. The van der Waals surface area contributed by atoms with Gasteiger partial charge in [0.15, 0.2) is 0 Å². The second-order valence-corrected chi connectivity index (χ2v) is 7.46. The Morgan fingerprint density at radius 2 is 1.83 bits per heavy atom. The fourth-order valence-corrected chi connectivity index (χ4v) is 4.25. The minimum atomic E-state index is -0.757. The molecule has 0 saturated carbocycles. The quantitative estimate of drug-likeness (QED) is 0.378. The molecule has 2 aliphatic rings. The lowest BCUT2D eigenvalue weighted by atomic mass is 9.90. The monoisotopic (exact) mass is 383 g/mol. The number of halogens is 2. The first kappa shape index (κ1) is 23.9. The summed E-state index contributed by atoms with van der Waals surface area (Å²) in [5.74, 6) is 0. The minimum Gasteiger partial charge on any atom is -0.298 e. The third kappa shape index (κ3) is 6.32. The van der Waals surface area contributed by atoms with Crippen LogP contribution in [0.3, 0.4) is 0 Å². The maximum Gasteiger partial charge on any atom is 0.247 e. The summed E-state index contributed by atoms with van der Waals surface area (Å²) in [7, 11) is 2.06. The zero-order valence-electron chi connectivity index (χ0n) is 15.2. The highest BCUT2D eigenvalue weighted by Gasteiger charge is 2.48. The van der Waals surface area contributed by atoms with Crippen molar-refractivity contribution in [3.63, 3.8) is 0 Å². The second-order valence-electron chi connectivity index (χ2n) is 7.46. The van der Waals surface area contributed by atoms with E-state index in [4.69, 9.17) is 0 Å². The van der Waals surface area contributed by atoms with Gasteiger partial charge in [-0.25, -0.2) is 0 Å². The topological polar surface area (TPSA) is 49.6 Å². The Labute approximate surface area is 159 Å². The zero-order valence-corrected chi connectivity index (χ0v) is 16.9. The molecule has 0 aromatic carbocycles. The fraction of sp³-hybridized carbons (Fsp3) is 1.00. The molecule has 5 nitrogen and oxygen atoms in total. The van der Waals surface area contributed by atoms with Gasteiger partial charge in [0, 0.05) is 23.9 Å². The Kier molecular flexibility index (Phi) is 11.5.